The number of amides is 3. The van der Waals surface area contributed by atoms with Gasteiger partial charge in [-0.15, -0.1) is 12.4 Å². The number of fused-ring (bicyclic) bond motifs is 1. The fourth-order valence-corrected chi connectivity index (χ4v) is 3.24. The third kappa shape index (κ3) is 3.53. The highest BCUT2D eigenvalue weighted by molar-refractivity contribution is 6.47. The first kappa shape index (κ1) is 20.8. The molecule has 12 heteroatoms. The molecule has 146 valence electrons. The lowest BCUT2D eigenvalue weighted by Gasteiger charge is -2.33. The molecule has 10 nitrogen and oxygen atoms in total. The highest BCUT2D eigenvalue weighted by Crippen LogP contribution is 2.37. The number of rotatable bonds is 5. The molecule has 1 fully saturated rings. The van der Waals surface area contributed by atoms with Crippen LogP contribution in [0.15, 0.2) is 12.1 Å². The number of hydrogen-bond acceptors (Lipinski definition) is 7. The van der Waals surface area contributed by atoms with E-state index >= 15 is 0 Å². The summed E-state index contributed by atoms with van der Waals surface area (Å²) in [5.41, 5.74) is 5.68. The molecule has 2 aliphatic heterocycles. The second-order valence-corrected chi connectivity index (χ2v) is 5.97. The van der Waals surface area contributed by atoms with Crippen LogP contribution in [0.5, 0.6) is 11.5 Å². The summed E-state index contributed by atoms with van der Waals surface area (Å²) in [6, 6.07) is 2.50. The largest absolute Gasteiger partial charge is 0.547 e. The van der Waals surface area contributed by atoms with Crippen molar-refractivity contribution in [3.63, 3.8) is 0 Å². The van der Waals surface area contributed by atoms with E-state index in [4.69, 9.17) is 15.1 Å². The van der Waals surface area contributed by atoms with Crippen molar-refractivity contribution in [2.75, 3.05) is 26.7 Å². The molecule has 4 N–H and O–H groups in total. The Balaban J connectivity index is 0.00000261. The van der Waals surface area contributed by atoms with E-state index in [0.717, 1.165) is 4.90 Å². The van der Waals surface area contributed by atoms with Crippen LogP contribution in [0.2, 0.25) is 0 Å². The van der Waals surface area contributed by atoms with Crippen LogP contribution in [0, 0.1) is 0 Å². The van der Waals surface area contributed by atoms with E-state index < -0.39 is 31.0 Å². The molecule has 0 radical (unpaired) electrons. The molecule has 0 spiro atoms. The van der Waals surface area contributed by atoms with Crippen LogP contribution >= 0.6 is 12.4 Å². The van der Waals surface area contributed by atoms with Crippen molar-refractivity contribution in [2.24, 2.45) is 5.73 Å². The molecule has 0 aromatic heterocycles. The zero-order valence-corrected chi connectivity index (χ0v) is 15.3. The zero-order chi connectivity index (χ0) is 19.0. The smallest absolute Gasteiger partial charge is 0.534 e. The van der Waals surface area contributed by atoms with Crippen molar-refractivity contribution in [3.05, 3.63) is 23.3 Å². The number of carbonyl (C=O) groups excluding carboxylic acids is 2. The summed E-state index contributed by atoms with van der Waals surface area (Å²) in [6.45, 7) is 0.317. The molecular weight excluding hydrogens is 380 g/mol. The fraction of sp³-hybridized carbons (Fsp3) is 0.400. The Kier molecular flexibility index (Phi) is 6.19. The zero-order valence-electron chi connectivity index (χ0n) is 14.5. The number of hydrogen-bond donors (Lipinski definition) is 3. The van der Waals surface area contributed by atoms with Gasteiger partial charge in [0.25, 0.3) is 0 Å². The summed E-state index contributed by atoms with van der Waals surface area (Å²) in [6.07, 6.45) is 0.0642. The molecule has 0 bridgehead atoms. The Labute approximate surface area is 161 Å². The van der Waals surface area contributed by atoms with Gasteiger partial charge in [-0.3, -0.25) is 9.69 Å². The third-order valence-electron chi connectivity index (χ3n) is 4.43. The number of carboxylic acids is 1. The minimum atomic E-state index is -1.56. The van der Waals surface area contributed by atoms with Crippen LogP contribution < -0.4 is 15.1 Å². The number of nitrogens with two attached hydrogens (primary N) is 1. The SMILES string of the molecule is COc1ccc2c(c1C(=O)O)OB(O)[C@@H](N1C(=O)CN(CCN)C1=O)C2.Cl. The van der Waals surface area contributed by atoms with Crippen molar-refractivity contribution in [3.8, 4) is 11.5 Å². The highest BCUT2D eigenvalue weighted by atomic mass is 35.5. The average Bonchev–Trinajstić information content (AvgIpc) is 2.87. The number of nitrogens with zero attached hydrogens (tertiary/aromatic N) is 2. The molecule has 1 saturated heterocycles. The number of aromatic carboxylic acids is 1. The Morgan fingerprint density at radius 2 is 2.15 bits per heavy atom. The molecule has 2 heterocycles. The summed E-state index contributed by atoms with van der Waals surface area (Å²) in [5.74, 6) is -2.64. The van der Waals surface area contributed by atoms with Gasteiger partial charge in [0.05, 0.1) is 13.1 Å². The first-order chi connectivity index (χ1) is 12.4. The van der Waals surface area contributed by atoms with E-state index in [9.17, 15) is 24.5 Å². The molecule has 27 heavy (non-hydrogen) atoms. The minimum Gasteiger partial charge on any atom is -0.534 e. The molecule has 0 aliphatic carbocycles. The van der Waals surface area contributed by atoms with Crippen molar-refractivity contribution in [1.29, 1.82) is 0 Å². The Morgan fingerprint density at radius 3 is 2.74 bits per heavy atom. The van der Waals surface area contributed by atoms with Gasteiger partial charge < -0.3 is 30.2 Å². The number of carbonyl (C=O) groups is 3. The van der Waals surface area contributed by atoms with Gasteiger partial charge in [0.15, 0.2) is 0 Å². The van der Waals surface area contributed by atoms with Gasteiger partial charge >= 0.3 is 19.1 Å². The Hall–Kier alpha value is -2.50. The molecule has 3 rings (SSSR count). The lowest BCUT2D eigenvalue weighted by Crippen LogP contribution is -2.55. The normalized spacial score (nSPS) is 18.8. The molecule has 1 aromatic carbocycles. The van der Waals surface area contributed by atoms with Gasteiger partial charge in [-0.25, -0.2) is 9.59 Å². The monoisotopic (exact) mass is 399 g/mol. The lowest BCUT2D eigenvalue weighted by atomic mass is 9.71. The van der Waals surface area contributed by atoms with E-state index in [-0.39, 0.29) is 55.5 Å². The second-order valence-electron chi connectivity index (χ2n) is 5.97. The maximum absolute atomic E-state index is 12.4. The average molecular weight is 400 g/mol. The van der Waals surface area contributed by atoms with E-state index in [1.165, 1.54) is 18.1 Å². The molecule has 2 aliphatic rings. The summed E-state index contributed by atoms with van der Waals surface area (Å²) < 4.78 is 10.4. The summed E-state index contributed by atoms with van der Waals surface area (Å²) in [5, 5.41) is 19.8. The first-order valence-corrected chi connectivity index (χ1v) is 7.98. The minimum absolute atomic E-state index is 0. The topological polar surface area (TPSA) is 143 Å². The second kappa shape index (κ2) is 8.03. The molecular formula is C15H19BClN3O7. The molecule has 1 atom stereocenters. The van der Waals surface area contributed by atoms with Gasteiger partial charge in [0, 0.05) is 13.1 Å². The van der Waals surface area contributed by atoms with Crippen LogP contribution in [0.1, 0.15) is 15.9 Å². The predicted octanol–water partition coefficient (Wildman–Crippen LogP) is -0.639. The van der Waals surface area contributed by atoms with Crippen molar-refractivity contribution < 1.29 is 33.9 Å². The first-order valence-electron chi connectivity index (χ1n) is 7.98. The van der Waals surface area contributed by atoms with Gasteiger partial charge in [0.1, 0.15) is 23.6 Å². The molecule has 0 unspecified atom stereocenters. The fourth-order valence-electron chi connectivity index (χ4n) is 3.24. The Bertz CT molecular complexity index is 778. The quantitative estimate of drug-likeness (QED) is 0.438. The number of benzene rings is 1. The predicted molar refractivity (Wildman–Crippen MR) is 96.2 cm³/mol. The number of urea groups is 1. The molecule has 3 amide bonds. The van der Waals surface area contributed by atoms with E-state index in [0.29, 0.717) is 5.56 Å². The summed E-state index contributed by atoms with van der Waals surface area (Å²) in [4.78, 5) is 38.5. The third-order valence-corrected chi connectivity index (χ3v) is 4.43. The van der Waals surface area contributed by atoms with Crippen molar-refractivity contribution in [2.45, 2.75) is 12.4 Å². The maximum Gasteiger partial charge on any atom is 0.547 e. The van der Waals surface area contributed by atoms with Crippen LogP contribution in [0.25, 0.3) is 0 Å². The number of halogens is 1. The number of carboxylic acid groups (broad SMARTS) is 1. The highest BCUT2D eigenvalue weighted by Gasteiger charge is 2.49. The van der Waals surface area contributed by atoms with Crippen LogP contribution in [-0.2, 0) is 11.2 Å². The summed E-state index contributed by atoms with van der Waals surface area (Å²) in [7, 11) is -0.234. The number of methoxy groups -OCH3 is 1. The maximum atomic E-state index is 12.4. The van der Waals surface area contributed by atoms with E-state index in [1.54, 1.807) is 6.07 Å². The van der Waals surface area contributed by atoms with Gasteiger partial charge in [0.2, 0.25) is 5.91 Å². The molecule has 1 aromatic rings. The Morgan fingerprint density at radius 1 is 1.44 bits per heavy atom. The number of imide groups is 1. The van der Waals surface area contributed by atoms with Crippen molar-refractivity contribution in [1.82, 2.24) is 9.80 Å². The van der Waals surface area contributed by atoms with Gasteiger partial charge in [-0.2, -0.15) is 0 Å². The number of ether oxygens (including phenoxy) is 1. The van der Waals surface area contributed by atoms with Crippen LogP contribution in [-0.4, -0.2) is 77.6 Å². The lowest BCUT2D eigenvalue weighted by molar-refractivity contribution is -0.126. The van der Waals surface area contributed by atoms with E-state index in [1.807, 2.05) is 0 Å². The van der Waals surface area contributed by atoms with Crippen LogP contribution in [0.3, 0.4) is 0 Å². The van der Waals surface area contributed by atoms with Crippen molar-refractivity contribution >= 4 is 37.4 Å². The van der Waals surface area contributed by atoms with Gasteiger partial charge in [-0.05, 0) is 18.1 Å². The standard InChI is InChI=1S/C15H18BN3O7.ClH/c1-25-9-3-2-8-6-10(16(24)26-13(8)12(9)14(21)22)19-11(20)7-18(5-4-17)15(19)23;/h2-3,10,24H,4-7,17H2,1H3,(H,21,22);1H/t10-;/m0./s1. The van der Waals surface area contributed by atoms with Gasteiger partial charge in [-0.1, -0.05) is 6.07 Å². The summed E-state index contributed by atoms with van der Waals surface area (Å²) >= 11 is 0. The molecule has 0 saturated carbocycles. The van der Waals surface area contributed by atoms with E-state index in [2.05, 4.69) is 0 Å². The van der Waals surface area contributed by atoms with Crippen LogP contribution in [0.4, 0.5) is 4.79 Å².